The molecule has 108 valence electrons. The number of rotatable bonds is 4. The van der Waals surface area contributed by atoms with Crippen molar-refractivity contribution in [2.24, 2.45) is 0 Å². The molecular formula is C12H10BrF2NO2S2. The summed E-state index contributed by atoms with van der Waals surface area (Å²) in [6.07, 6.45) is 0. The first-order valence-electron chi connectivity index (χ1n) is 5.45. The number of hydrogen-bond acceptors (Lipinski definition) is 3. The van der Waals surface area contributed by atoms with Crippen LogP contribution in [0.25, 0.3) is 0 Å². The summed E-state index contributed by atoms with van der Waals surface area (Å²) >= 11 is 4.30. The van der Waals surface area contributed by atoms with Gasteiger partial charge in [-0.1, -0.05) is 6.07 Å². The van der Waals surface area contributed by atoms with E-state index in [-0.39, 0.29) is 11.0 Å². The maximum Gasteiger partial charge on any atom is 0.247 e. The molecule has 1 aromatic carbocycles. The van der Waals surface area contributed by atoms with E-state index in [9.17, 15) is 17.2 Å². The van der Waals surface area contributed by atoms with Gasteiger partial charge in [0.05, 0.1) is 0 Å². The molecule has 1 aromatic heterocycles. The Bertz CT molecular complexity index is 694. The van der Waals surface area contributed by atoms with Crippen LogP contribution >= 0.6 is 27.3 Å². The minimum Gasteiger partial charge on any atom is -0.207 e. The molecule has 0 unspecified atom stereocenters. The highest BCUT2D eigenvalue weighted by atomic mass is 79.9. The van der Waals surface area contributed by atoms with Gasteiger partial charge in [-0.2, -0.15) is 4.31 Å². The largest absolute Gasteiger partial charge is 0.247 e. The minimum absolute atomic E-state index is 0.128. The first-order chi connectivity index (χ1) is 9.32. The Labute approximate surface area is 128 Å². The number of thiophene rings is 1. The van der Waals surface area contributed by atoms with Crippen LogP contribution in [0.1, 0.15) is 4.88 Å². The molecule has 0 radical (unpaired) electrons. The van der Waals surface area contributed by atoms with E-state index in [1.165, 1.54) is 18.4 Å². The maximum absolute atomic E-state index is 13.8. The zero-order valence-electron chi connectivity index (χ0n) is 10.3. The van der Waals surface area contributed by atoms with Crippen molar-refractivity contribution in [1.82, 2.24) is 4.31 Å². The summed E-state index contributed by atoms with van der Waals surface area (Å²) in [5.74, 6) is -1.95. The Morgan fingerprint density at radius 1 is 1.35 bits per heavy atom. The van der Waals surface area contributed by atoms with Gasteiger partial charge in [0, 0.05) is 29.0 Å². The van der Waals surface area contributed by atoms with E-state index in [0.29, 0.717) is 6.07 Å². The second-order valence-corrected chi connectivity index (χ2v) is 7.91. The van der Waals surface area contributed by atoms with Gasteiger partial charge in [0.2, 0.25) is 10.0 Å². The van der Waals surface area contributed by atoms with E-state index in [0.717, 1.165) is 15.2 Å². The van der Waals surface area contributed by atoms with Crippen LogP contribution in [0.4, 0.5) is 8.78 Å². The van der Waals surface area contributed by atoms with Crippen molar-refractivity contribution >= 4 is 37.3 Å². The fourth-order valence-corrected chi connectivity index (χ4v) is 4.73. The average molecular weight is 382 g/mol. The Hall–Kier alpha value is -0.830. The van der Waals surface area contributed by atoms with Gasteiger partial charge in [-0.15, -0.1) is 11.3 Å². The van der Waals surface area contributed by atoms with Crippen LogP contribution in [0.5, 0.6) is 0 Å². The smallest absolute Gasteiger partial charge is 0.207 e. The van der Waals surface area contributed by atoms with Crippen molar-refractivity contribution in [2.75, 3.05) is 7.05 Å². The summed E-state index contributed by atoms with van der Waals surface area (Å²) in [7, 11) is -2.69. The van der Waals surface area contributed by atoms with E-state index in [1.54, 1.807) is 12.1 Å². The zero-order valence-corrected chi connectivity index (χ0v) is 13.5. The van der Waals surface area contributed by atoms with Crippen LogP contribution in [0.3, 0.4) is 0 Å². The third-order valence-electron chi connectivity index (χ3n) is 2.59. The summed E-state index contributed by atoms with van der Waals surface area (Å²) in [5.41, 5.74) is 0. The molecule has 0 aliphatic heterocycles. The number of sulfonamides is 1. The summed E-state index contributed by atoms with van der Waals surface area (Å²) in [6.45, 7) is 0.128. The number of hydrogen-bond donors (Lipinski definition) is 0. The molecule has 0 saturated heterocycles. The van der Waals surface area contributed by atoms with Gasteiger partial charge in [-0.25, -0.2) is 17.2 Å². The molecule has 0 saturated carbocycles. The molecule has 0 fully saturated rings. The van der Waals surface area contributed by atoms with E-state index in [4.69, 9.17) is 0 Å². The lowest BCUT2D eigenvalue weighted by molar-refractivity contribution is 0.460. The van der Waals surface area contributed by atoms with Gasteiger partial charge in [0.25, 0.3) is 0 Å². The number of benzene rings is 1. The van der Waals surface area contributed by atoms with E-state index in [2.05, 4.69) is 15.9 Å². The summed E-state index contributed by atoms with van der Waals surface area (Å²) in [4.78, 5) is 0.271. The summed E-state index contributed by atoms with van der Waals surface area (Å²) in [6, 6.07) is 5.06. The first kappa shape index (κ1) is 15.6. The molecule has 3 nitrogen and oxygen atoms in total. The second kappa shape index (κ2) is 5.88. The van der Waals surface area contributed by atoms with Gasteiger partial charge in [0.1, 0.15) is 16.5 Å². The SMILES string of the molecule is CN(Cc1cccs1)S(=O)(=O)c1c(F)cc(F)cc1Br. The van der Waals surface area contributed by atoms with Crippen molar-refractivity contribution in [2.45, 2.75) is 11.4 Å². The Morgan fingerprint density at radius 3 is 2.60 bits per heavy atom. The fraction of sp³-hybridized carbons (Fsp3) is 0.167. The van der Waals surface area contributed by atoms with Crippen molar-refractivity contribution in [3.05, 3.63) is 50.6 Å². The van der Waals surface area contributed by atoms with E-state index >= 15 is 0 Å². The van der Waals surface area contributed by atoms with Gasteiger partial charge in [-0.05, 0) is 33.4 Å². The predicted octanol–water partition coefficient (Wildman–Crippen LogP) is 3.61. The molecule has 8 heteroatoms. The van der Waals surface area contributed by atoms with Crippen LogP contribution in [0.15, 0.2) is 39.0 Å². The number of halogens is 3. The van der Waals surface area contributed by atoms with Gasteiger partial charge < -0.3 is 0 Å². The van der Waals surface area contributed by atoms with Crippen LogP contribution in [0.2, 0.25) is 0 Å². The highest BCUT2D eigenvalue weighted by molar-refractivity contribution is 9.10. The zero-order chi connectivity index (χ0) is 14.9. The molecule has 0 bridgehead atoms. The standard InChI is InChI=1S/C12H10BrF2NO2S2/c1-16(7-9-3-2-4-19-9)20(17,18)12-10(13)5-8(14)6-11(12)15/h2-6H,7H2,1H3. The molecule has 2 aromatic rings. The Balaban J connectivity index is 2.40. The fourth-order valence-electron chi connectivity index (χ4n) is 1.64. The molecule has 0 atom stereocenters. The number of nitrogens with zero attached hydrogens (tertiary/aromatic N) is 1. The van der Waals surface area contributed by atoms with Crippen molar-refractivity contribution in [1.29, 1.82) is 0 Å². The monoisotopic (exact) mass is 381 g/mol. The second-order valence-electron chi connectivity index (χ2n) is 4.04. The van der Waals surface area contributed by atoms with Crippen molar-refractivity contribution in [3.63, 3.8) is 0 Å². The Kier molecular flexibility index (Phi) is 4.58. The molecule has 1 heterocycles. The first-order valence-corrected chi connectivity index (χ1v) is 8.57. The molecule has 0 N–H and O–H groups in total. The van der Waals surface area contributed by atoms with Gasteiger partial charge in [0.15, 0.2) is 0 Å². The lowest BCUT2D eigenvalue weighted by Crippen LogP contribution is -2.27. The highest BCUT2D eigenvalue weighted by Gasteiger charge is 2.28. The van der Waals surface area contributed by atoms with E-state index in [1.807, 2.05) is 5.38 Å². The summed E-state index contributed by atoms with van der Waals surface area (Å²) in [5, 5.41) is 1.82. The van der Waals surface area contributed by atoms with E-state index < -0.39 is 26.6 Å². The lowest BCUT2D eigenvalue weighted by atomic mass is 10.3. The average Bonchev–Trinajstić information content (AvgIpc) is 2.79. The predicted molar refractivity (Wildman–Crippen MR) is 77.0 cm³/mol. The third kappa shape index (κ3) is 3.08. The van der Waals surface area contributed by atoms with Crippen LogP contribution in [-0.2, 0) is 16.6 Å². The normalized spacial score (nSPS) is 12.1. The summed E-state index contributed by atoms with van der Waals surface area (Å²) < 4.78 is 52.4. The quantitative estimate of drug-likeness (QED) is 0.810. The minimum atomic E-state index is -4.04. The maximum atomic E-state index is 13.8. The van der Waals surface area contributed by atoms with Crippen LogP contribution in [0, 0.1) is 11.6 Å². The molecule has 0 amide bonds. The van der Waals surface area contributed by atoms with Crippen molar-refractivity contribution in [3.8, 4) is 0 Å². The molecule has 0 spiro atoms. The third-order valence-corrected chi connectivity index (χ3v) is 6.22. The Morgan fingerprint density at radius 2 is 2.05 bits per heavy atom. The molecule has 20 heavy (non-hydrogen) atoms. The molecular weight excluding hydrogens is 372 g/mol. The van der Waals surface area contributed by atoms with Crippen LogP contribution in [-0.4, -0.2) is 19.8 Å². The van der Waals surface area contributed by atoms with Gasteiger partial charge >= 0.3 is 0 Å². The van der Waals surface area contributed by atoms with Crippen molar-refractivity contribution < 1.29 is 17.2 Å². The molecule has 2 rings (SSSR count). The van der Waals surface area contributed by atoms with Crippen LogP contribution < -0.4 is 0 Å². The highest BCUT2D eigenvalue weighted by Crippen LogP contribution is 2.29. The van der Waals surface area contributed by atoms with Gasteiger partial charge in [-0.3, -0.25) is 0 Å². The molecule has 0 aliphatic carbocycles. The lowest BCUT2D eigenvalue weighted by Gasteiger charge is -2.17. The molecule has 0 aliphatic rings. The topological polar surface area (TPSA) is 37.4 Å².